The minimum atomic E-state index is -0.0236. The molecule has 0 aromatic carbocycles. The first-order valence-electron chi connectivity index (χ1n) is 9.05. The van der Waals surface area contributed by atoms with E-state index in [2.05, 4.69) is 24.3 Å². The molecule has 132 valence electrons. The van der Waals surface area contributed by atoms with Gasteiger partial charge in [0.1, 0.15) is 5.76 Å². The van der Waals surface area contributed by atoms with Gasteiger partial charge in [0.05, 0.1) is 24.9 Å². The molecule has 3 rings (SSSR count). The lowest BCUT2D eigenvalue weighted by atomic mass is 9.95. The molecule has 2 heterocycles. The lowest BCUT2D eigenvalue weighted by Crippen LogP contribution is -2.31. The molecule has 0 radical (unpaired) electrons. The third-order valence-electron chi connectivity index (χ3n) is 5.15. The number of furan rings is 1. The van der Waals surface area contributed by atoms with Crippen LogP contribution in [0.5, 0.6) is 0 Å². The van der Waals surface area contributed by atoms with E-state index in [0.717, 1.165) is 22.7 Å². The van der Waals surface area contributed by atoms with Crippen LogP contribution in [-0.2, 0) is 6.54 Å². The second-order valence-electron chi connectivity index (χ2n) is 6.89. The summed E-state index contributed by atoms with van der Waals surface area (Å²) in [5.41, 5.74) is 2.96. The van der Waals surface area contributed by atoms with Crippen LogP contribution in [0.15, 0.2) is 28.9 Å². The predicted molar refractivity (Wildman–Crippen MR) is 98.3 cm³/mol. The van der Waals surface area contributed by atoms with Gasteiger partial charge in [-0.2, -0.15) is 0 Å². The van der Waals surface area contributed by atoms with Crippen molar-refractivity contribution in [3.63, 3.8) is 0 Å². The summed E-state index contributed by atoms with van der Waals surface area (Å²) in [4.78, 5) is 14.8. The third-order valence-corrected chi connectivity index (χ3v) is 5.15. The first-order chi connectivity index (χ1) is 12.1. The molecule has 1 amide bonds. The normalized spacial score (nSPS) is 15.1. The van der Waals surface area contributed by atoms with Crippen LogP contribution >= 0.6 is 0 Å². The van der Waals surface area contributed by atoms with Crippen LogP contribution in [0.3, 0.4) is 0 Å². The Labute approximate surface area is 149 Å². The fraction of sp³-hybridized carbons (Fsp3) is 0.476. The van der Waals surface area contributed by atoms with Crippen molar-refractivity contribution >= 4 is 5.91 Å². The maximum absolute atomic E-state index is 13.1. The summed E-state index contributed by atoms with van der Waals surface area (Å²) in [7, 11) is 0. The van der Waals surface area contributed by atoms with Crippen LogP contribution in [0.1, 0.15) is 65.7 Å². The van der Waals surface area contributed by atoms with Gasteiger partial charge in [-0.25, -0.2) is 0 Å². The van der Waals surface area contributed by atoms with Crippen molar-refractivity contribution < 1.29 is 9.21 Å². The van der Waals surface area contributed by atoms with E-state index in [1.54, 1.807) is 11.2 Å². The van der Waals surface area contributed by atoms with Gasteiger partial charge in [-0.1, -0.05) is 25.2 Å². The average Bonchev–Trinajstić information content (AvgIpc) is 3.22. The second kappa shape index (κ2) is 7.65. The third kappa shape index (κ3) is 3.66. The lowest BCUT2D eigenvalue weighted by Gasteiger charge is -2.26. The molecule has 4 nitrogen and oxygen atoms in total. The molecule has 0 atom stereocenters. The van der Waals surface area contributed by atoms with Gasteiger partial charge in [0.2, 0.25) is 0 Å². The number of amides is 1. The SMILES string of the molecule is C#CCN(Cc1ccco1)C(=O)c1cc(C)n(C2CCCCC2)c1C. The van der Waals surface area contributed by atoms with Crippen molar-refractivity contribution in [3.8, 4) is 12.3 Å². The van der Waals surface area contributed by atoms with E-state index in [-0.39, 0.29) is 12.5 Å². The zero-order chi connectivity index (χ0) is 17.8. The number of carbonyl (C=O) groups is 1. The first kappa shape index (κ1) is 17.4. The summed E-state index contributed by atoms with van der Waals surface area (Å²) in [6.07, 6.45) is 13.4. The van der Waals surface area contributed by atoms with Crippen molar-refractivity contribution in [3.05, 3.63) is 47.2 Å². The predicted octanol–water partition coefficient (Wildman–Crippen LogP) is 4.48. The van der Waals surface area contributed by atoms with Crippen molar-refractivity contribution in [1.82, 2.24) is 9.47 Å². The molecule has 0 aliphatic heterocycles. The Hall–Kier alpha value is -2.41. The van der Waals surface area contributed by atoms with E-state index in [0.29, 0.717) is 12.6 Å². The highest BCUT2D eigenvalue weighted by Gasteiger charge is 2.25. The Morgan fingerprint density at radius 3 is 2.76 bits per heavy atom. The monoisotopic (exact) mass is 338 g/mol. The number of hydrogen-bond donors (Lipinski definition) is 0. The van der Waals surface area contributed by atoms with Crippen LogP contribution in [0.4, 0.5) is 0 Å². The standard InChI is InChI=1S/C21H26N2O2/c1-4-12-22(15-19-11-8-13-25-19)21(24)20-14-16(2)23(17(20)3)18-9-6-5-7-10-18/h1,8,11,13-14,18H,5-7,9-10,12,15H2,2-3H3. The molecule has 0 bridgehead atoms. The molecule has 1 aliphatic rings. The topological polar surface area (TPSA) is 38.4 Å². The van der Waals surface area contributed by atoms with Crippen LogP contribution in [0, 0.1) is 26.2 Å². The van der Waals surface area contributed by atoms with Crippen LogP contribution in [0.2, 0.25) is 0 Å². The summed E-state index contributed by atoms with van der Waals surface area (Å²) >= 11 is 0. The highest BCUT2D eigenvalue weighted by atomic mass is 16.3. The molecule has 1 fully saturated rings. The highest BCUT2D eigenvalue weighted by Crippen LogP contribution is 2.32. The van der Waals surface area contributed by atoms with E-state index in [1.165, 1.54) is 32.1 Å². The van der Waals surface area contributed by atoms with Gasteiger partial charge >= 0.3 is 0 Å². The molecule has 2 aromatic heterocycles. The molecule has 4 heteroatoms. The maximum atomic E-state index is 13.1. The number of terminal acetylenes is 1. The molecule has 0 unspecified atom stereocenters. The molecule has 25 heavy (non-hydrogen) atoms. The Morgan fingerprint density at radius 1 is 1.36 bits per heavy atom. The molecular weight excluding hydrogens is 312 g/mol. The Bertz CT molecular complexity index is 759. The van der Waals surface area contributed by atoms with Crippen LogP contribution < -0.4 is 0 Å². The van der Waals surface area contributed by atoms with E-state index in [4.69, 9.17) is 10.8 Å². The molecule has 2 aromatic rings. The van der Waals surface area contributed by atoms with Gasteiger partial charge in [0.25, 0.3) is 5.91 Å². The number of aromatic nitrogens is 1. The zero-order valence-corrected chi connectivity index (χ0v) is 15.1. The van der Waals surface area contributed by atoms with E-state index >= 15 is 0 Å². The van der Waals surface area contributed by atoms with Gasteiger partial charge in [-0.15, -0.1) is 6.42 Å². The molecule has 0 saturated heterocycles. The van der Waals surface area contributed by atoms with Gasteiger partial charge < -0.3 is 13.9 Å². The number of carbonyl (C=O) groups excluding carboxylic acids is 1. The van der Waals surface area contributed by atoms with E-state index < -0.39 is 0 Å². The fourth-order valence-corrected chi connectivity index (χ4v) is 3.97. The van der Waals surface area contributed by atoms with Crippen molar-refractivity contribution in [2.45, 2.75) is 58.5 Å². The largest absolute Gasteiger partial charge is 0.467 e. The minimum absolute atomic E-state index is 0.0236. The first-order valence-corrected chi connectivity index (χ1v) is 9.05. The summed E-state index contributed by atoms with van der Waals surface area (Å²) in [5.74, 6) is 3.31. The van der Waals surface area contributed by atoms with Crippen LogP contribution in [-0.4, -0.2) is 21.9 Å². The summed E-state index contributed by atoms with van der Waals surface area (Å²) < 4.78 is 7.74. The highest BCUT2D eigenvalue weighted by molar-refractivity contribution is 5.95. The zero-order valence-electron chi connectivity index (χ0n) is 15.1. The molecule has 0 N–H and O–H groups in total. The summed E-state index contributed by atoms with van der Waals surface area (Å²) in [6, 6.07) is 6.21. The lowest BCUT2D eigenvalue weighted by molar-refractivity contribution is 0.0754. The fourth-order valence-electron chi connectivity index (χ4n) is 3.97. The van der Waals surface area contributed by atoms with Crippen molar-refractivity contribution in [1.29, 1.82) is 0 Å². The number of rotatable bonds is 5. The van der Waals surface area contributed by atoms with Gasteiger partial charge in [-0.05, 0) is 44.9 Å². The molecule has 0 spiro atoms. The van der Waals surface area contributed by atoms with E-state index in [1.807, 2.05) is 18.2 Å². The minimum Gasteiger partial charge on any atom is -0.467 e. The quantitative estimate of drug-likeness (QED) is 0.754. The summed E-state index contributed by atoms with van der Waals surface area (Å²) in [6.45, 7) is 4.81. The molecule has 1 aliphatic carbocycles. The summed E-state index contributed by atoms with van der Waals surface area (Å²) in [5, 5.41) is 0. The number of hydrogen-bond acceptors (Lipinski definition) is 2. The van der Waals surface area contributed by atoms with Gasteiger partial charge in [0, 0.05) is 17.4 Å². The Kier molecular flexibility index (Phi) is 5.33. The number of nitrogens with zero attached hydrogens (tertiary/aromatic N) is 2. The van der Waals surface area contributed by atoms with Crippen LogP contribution in [0.25, 0.3) is 0 Å². The Morgan fingerprint density at radius 2 is 2.12 bits per heavy atom. The number of aryl methyl sites for hydroxylation is 1. The smallest absolute Gasteiger partial charge is 0.256 e. The average molecular weight is 338 g/mol. The molecular formula is C21H26N2O2. The van der Waals surface area contributed by atoms with Crippen molar-refractivity contribution in [2.24, 2.45) is 0 Å². The van der Waals surface area contributed by atoms with E-state index in [9.17, 15) is 4.79 Å². The maximum Gasteiger partial charge on any atom is 0.256 e. The van der Waals surface area contributed by atoms with Gasteiger partial charge in [-0.3, -0.25) is 4.79 Å². The van der Waals surface area contributed by atoms with Gasteiger partial charge in [0.15, 0.2) is 0 Å². The molecule has 1 saturated carbocycles. The van der Waals surface area contributed by atoms with Crippen molar-refractivity contribution in [2.75, 3.05) is 6.54 Å². The Balaban J connectivity index is 1.86. The second-order valence-corrected chi connectivity index (χ2v) is 6.89.